The third-order valence-corrected chi connectivity index (χ3v) is 8.38. The number of amides is 1. The highest BCUT2D eigenvalue weighted by atomic mass is 16.5. The number of hydrogen-bond donors (Lipinski definition) is 0. The van der Waals surface area contributed by atoms with Crippen molar-refractivity contribution in [3.05, 3.63) is 35.1 Å². The van der Waals surface area contributed by atoms with Gasteiger partial charge in [0.1, 0.15) is 0 Å². The number of fused-ring (bicyclic) bond motifs is 2. The van der Waals surface area contributed by atoms with Gasteiger partial charge in [0.2, 0.25) is 17.5 Å². The van der Waals surface area contributed by atoms with Crippen molar-refractivity contribution in [2.75, 3.05) is 19.7 Å². The highest BCUT2D eigenvalue weighted by molar-refractivity contribution is 6.47. The minimum absolute atomic E-state index is 0.00972. The van der Waals surface area contributed by atoms with Crippen LogP contribution in [-0.4, -0.2) is 65.2 Å². The lowest BCUT2D eigenvalue weighted by molar-refractivity contribution is -0.156. The van der Waals surface area contributed by atoms with Crippen LogP contribution in [-0.2, 0) is 19.1 Å². The fourth-order valence-corrected chi connectivity index (χ4v) is 7.55. The molecule has 7 aliphatic rings. The van der Waals surface area contributed by atoms with Crippen molar-refractivity contribution in [2.24, 2.45) is 17.3 Å². The summed E-state index contributed by atoms with van der Waals surface area (Å²) in [6.07, 6.45) is 7.56. The maximum Gasteiger partial charge on any atom is 0.229 e. The van der Waals surface area contributed by atoms with E-state index in [2.05, 4.69) is 11.0 Å². The molecule has 0 aromatic heterocycles. The summed E-state index contributed by atoms with van der Waals surface area (Å²) in [5, 5.41) is 0. The minimum atomic E-state index is -0.505. The van der Waals surface area contributed by atoms with Gasteiger partial charge in [-0.25, -0.2) is 0 Å². The Hall–Kier alpha value is -2.05. The fourth-order valence-electron chi connectivity index (χ4n) is 7.55. The van der Waals surface area contributed by atoms with Crippen molar-refractivity contribution in [3.8, 4) is 0 Å². The van der Waals surface area contributed by atoms with E-state index in [1.165, 1.54) is 11.6 Å². The third kappa shape index (κ3) is 1.49. The summed E-state index contributed by atoms with van der Waals surface area (Å²) >= 11 is 0. The number of carbonyl (C=O) groups is 3. The van der Waals surface area contributed by atoms with Gasteiger partial charge in [0.05, 0.1) is 30.9 Å². The Kier molecular flexibility index (Phi) is 2.49. The van der Waals surface area contributed by atoms with E-state index in [1.54, 1.807) is 6.08 Å². The molecule has 6 atom stereocenters. The smallest absolute Gasteiger partial charge is 0.229 e. The second-order valence-corrected chi connectivity index (χ2v) is 9.08. The van der Waals surface area contributed by atoms with Crippen molar-refractivity contribution in [1.29, 1.82) is 0 Å². The monoisotopic (exact) mass is 364 g/mol. The molecule has 1 saturated carbocycles. The SMILES string of the molecule is O=C1C=C2C(=CC1=O)C13CCN4CC5=CCOC6CC(=O)N2C1C6C5CC43. The van der Waals surface area contributed by atoms with Gasteiger partial charge in [-0.1, -0.05) is 11.6 Å². The molecule has 0 aromatic carbocycles. The molecule has 2 bridgehead atoms. The highest BCUT2D eigenvalue weighted by Gasteiger charge is 2.72. The molecule has 4 saturated heterocycles. The lowest BCUT2D eigenvalue weighted by Gasteiger charge is -2.58. The zero-order valence-corrected chi connectivity index (χ0v) is 14.9. The summed E-state index contributed by atoms with van der Waals surface area (Å²) in [5.74, 6) is -0.210. The largest absolute Gasteiger partial charge is 0.373 e. The standard InChI is InChI=1S/C21H20N2O4/c24-14-6-12-13(7-15(14)25)23-18(26)8-16-19-11-5-17-21(12,20(19)23)2-3-22(17)9-10(11)1-4-27-16/h1,6-7,11,16-17,19-20H,2-5,8-9H2. The summed E-state index contributed by atoms with van der Waals surface area (Å²) in [4.78, 5) is 42.1. The van der Waals surface area contributed by atoms with Crippen LogP contribution < -0.4 is 0 Å². The van der Waals surface area contributed by atoms with E-state index >= 15 is 0 Å². The van der Waals surface area contributed by atoms with E-state index in [1.807, 2.05) is 4.90 Å². The van der Waals surface area contributed by atoms with Crippen molar-refractivity contribution < 1.29 is 19.1 Å². The summed E-state index contributed by atoms with van der Waals surface area (Å²) in [5.41, 5.74) is 2.90. The number of hydrogen-bond acceptors (Lipinski definition) is 5. The molecule has 5 heterocycles. The average Bonchev–Trinajstić information content (AvgIpc) is 3.10. The van der Waals surface area contributed by atoms with Crippen LogP contribution in [0.3, 0.4) is 0 Å². The number of piperidine rings is 2. The first-order valence-electron chi connectivity index (χ1n) is 9.99. The highest BCUT2D eigenvalue weighted by Crippen LogP contribution is 2.68. The van der Waals surface area contributed by atoms with Crippen LogP contribution in [0.1, 0.15) is 19.3 Å². The van der Waals surface area contributed by atoms with E-state index in [0.717, 1.165) is 31.5 Å². The van der Waals surface area contributed by atoms with Crippen molar-refractivity contribution in [2.45, 2.75) is 37.5 Å². The molecule has 0 radical (unpaired) electrons. The molecule has 5 fully saturated rings. The number of allylic oxidation sites excluding steroid dienone is 3. The Labute approximate surface area is 156 Å². The van der Waals surface area contributed by atoms with Crippen LogP contribution in [0.2, 0.25) is 0 Å². The number of nitrogens with zero attached hydrogens (tertiary/aromatic N) is 2. The van der Waals surface area contributed by atoms with Gasteiger partial charge in [0.25, 0.3) is 0 Å². The van der Waals surface area contributed by atoms with Crippen molar-refractivity contribution in [1.82, 2.24) is 9.80 Å². The lowest BCUT2D eigenvalue weighted by atomic mass is 9.53. The number of carbonyl (C=O) groups excluding carboxylic acids is 3. The number of ether oxygens (including phenoxy) is 1. The van der Waals surface area contributed by atoms with Crippen LogP contribution in [0.4, 0.5) is 0 Å². The van der Waals surface area contributed by atoms with Crippen LogP contribution in [0.25, 0.3) is 0 Å². The van der Waals surface area contributed by atoms with Crippen LogP contribution in [0.15, 0.2) is 35.1 Å². The maximum atomic E-state index is 13.2. The maximum absolute atomic E-state index is 13.2. The molecule has 6 unspecified atom stereocenters. The topological polar surface area (TPSA) is 66.9 Å². The van der Waals surface area contributed by atoms with E-state index < -0.39 is 11.6 Å². The Morgan fingerprint density at radius 2 is 2.00 bits per heavy atom. The number of ketones is 2. The van der Waals surface area contributed by atoms with Gasteiger partial charge in [-0.05, 0) is 37.0 Å². The molecule has 6 heteroatoms. The fraction of sp³-hybridized carbons (Fsp3) is 0.571. The Bertz CT molecular complexity index is 946. The normalized spacial score (nSPS) is 46.7. The van der Waals surface area contributed by atoms with Gasteiger partial charge in [-0.15, -0.1) is 0 Å². The first-order valence-corrected chi connectivity index (χ1v) is 9.99. The Morgan fingerprint density at radius 3 is 2.89 bits per heavy atom. The van der Waals surface area contributed by atoms with Crippen LogP contribution in [0.5, 0.6) is 0 Å². The zero-order chi connectivity index (χ0) is 18.1. The molecule has 0 aromatic rings. The van der Waals surface area contributed by atoms with E-state index in [4.69, 9.17) is 4.74 Å². The molecule has 138 valence electrons. The van der Waals surface area contributed by atoms with E-state index in [9.17, 15) is 14.4 Å². The first-order chi connectivity index (χ1) is 13.1. The minimum Gasteiger partial charge on any atom is -0.373 e. The van der Waals surface area contributed by atoms with E-state index in [-0.39, 0.29) is 29.4 Å². The molecular weight excluding hydrogens is 344 g/mol. The molecule has 5 aliphatic heterocycles. The van der Waals surface area contributed by atoms with Crippen molar-refractivity contribution >= 4 is 17.5 Å². The van der Waals surface area contributed by atoms with Gasteiger partial charge in [0.15, 0.2) is 0 Å². The van der Waals surface area contributed by atoms with E-state index in [0.29, 0.717) is 30.7 Å². The quantitative estimate of drug-likeness (QED) is 0.358. The second-order valence-electron chi connectivity index (χ2n) is 9.08. The third-order valence-electron chi connectivity index (χ3n) is 8.38. The van der Waals surface area contributed by atoms with Crippen LogP contribution >= 0.6 is 0 Å². The van der Waals surface area contributed by atoms with Crippen LogP contribution in [0, 0.1) is 17.3 Å². The lowest BCUT2D eigenvalue weighted by Crippen LogP contribution is -2.66. The summed E-state index contributed by atoms with van der Waals surface area (Å²) in [6, 6.07) is 0.349. The predicted octanol–water partition coefficient (Wildman–Crippen LogP) is 0.599. The Morgan fingerprint density at radius 1 is 1.15 bits per heavy atom. The number of rotatable bonds is 0. The molecule has 27 heavy (non-hydrogen) atoms. The molecular formula is C21H20N2O4. The van der Waals surface area contributed by atoms with Gasteiger partial charge in [-0.2, -0.15) is 0 Å². The van der Waals surface area contributed by atoms with Crippen molar-refractivity contribution in [3.63, 3.8) is 0 Å². The summed E-state index contributed by atoms with van der Waals surface area (Å²) < 4.78 is 6.17. The van der Waals surface area contributed by atoms with Gasteiger partial charge in [0, 0.05) is 30.0 Å². The zero-order valence-electron chi connectivity index (χ0n) is 14.9. The molecule has 1 amide bonds. The summed E-state index contributed by atoms with van der Waals surface area (Å²) in [6.45, 7) is 2.54. The first kappa shape index (κ1) is 14.9. The van der Waals surface area contributed by atoms with Gasteiger partial charge < -0.3 is 9.64 Å². The van der Waals surface area contributed by atoms with Gasteiger partial charge in [-0.3, -0.25) is 19.3 Å². The van der Waals surface area contributed by atoms with Gasteiger partial charge >= 0.3 is 0 Å². The molecule has 6 nitrogen and oxygen atoms in total. The average molecular weight is 364 g/mol. The predicted molar refractivity (Wildman–Crippen MR) is 93.3 cm³/mol. The molecule has 1 spiro atoms. The summed E-state index contributed by atoms with van der Waals surface area (Å²) in [7, 11) is 0. The molecule has 2 aliphatic carbocycles. The molecule has 0 N–H and O–H groups in total. The Balaban J connectivity index is 1.54. The molecule has 7 rings (SSSR count). The second kappa shape index (κ2) is 4.50.